The molecule has 1 fully saturated rings. The third-order valence-electron chi connectivity index (χ3n) is 5.54. The fraction of sp³-hybridized carbons (Fsp3) is 0.524. The monoisotopic (exact) mass is 440 g/mol. The van der Waals surface area contributed by atoms with Gasteiger partial charge in [-0.25, -0.2) is 0 Å². The SMILES string of the molecule is O=C1CCC(C=Cc2ccc(Cl)c(C(F)(F)F)c2)C1CCCCCCc1nn[nH]n1. The van der Waals surface area contributed by atoms with E-state index >= 15 is 0 Å². The third-order valence-corrected chi connectivity index (χ3v) is 5.87. The van der Waals surface area contributed by atoms with E-state index in [9.17, 15) is 18.0 Å². The predicted octanol–water partition coefficient (Wildman–Crippen LogP) is 5.67. The van der Waals surface area contributed by atoms with Crippen LogP contribution in [0, 0.1) is 11.8 Å². The van der Waals surface area contributed by atoms with Crippen LogP contribution < -0.4 is 0 Å². The van der Waals surface area contributed by atoms with E-state index in [1.54, 1.807) is 12.1 Å². The van der Waals surface area contributed by atoms with Crippen molar-refractivity contribution in [3.63, 3.8) is 0 Å². The zero-order valence-electron chi connectivity index (χ0n) is 16.5. The highest BCUT2D eigenvalue weighted by molar-refractivity contribution is 6.31. The first kappa shape index (κ1) is 22.5. The summed E-state index contributed by atoms with van der Waals surface area (Å²) in [5.41, 5.74) is -0.405. The van der Waals surface area contributed by atoms with Crippen LogP contribution in [0.3, 0.4) is 0 Å². The zero-order valence-corrected chi connectivity index (χ0v) is 17.2. The Hall–Kier alpha value is -2.22. The molecule has 0 spiro atoms. The van der Waals surface area contributed by atoms with Gasteiger partial charge in [0.25, 0.3) is 0 Å². The minimum atomic E-state index is -4.49. The van der Waals surface area contributed by atoms with E-state index in [0.717, 1.165) is 51.0 Å². The highest BCUT2D eigenvalue weighted by Gasteiger charge is 2.34. The number of aryl methyl sites for hydroxylation is 1. The molecule has 3 rings (SSSR count). The fourth-order valence-corrected chi connectivity index (χ4v) is 4.15. The number of ketones is 1. The number of nitrogens with zero attached hydrogens (tertiary/aromatic N) is 3. The lowest BCUT2D eigenvalue weighted by molar-refractivity contribution is -0.137. The second-order valence-corrected chi connectivity index (χ2v) is 8.06. The minimum Gasteiger partial charge on any atom is -0.299 e. The smallest absolute Gasteiger partial charge is 0.299 e. The molecular formula is C21H24ClF3N4O. The van der Waals surface area contributed by atoms with Crippen LogP contribution in [-0.4, -0.2) is 26.4 Å². The number of tetrazole rings is 1. The van der Waals surface area contributed by atoms with E-state index in [0.29, 0.717) is 17.8 Å². The van der Waals surface area contributed by atoms with E-state index in [-0.39, 0.29) is 22.6 Å². The lowest BCUT2D eigenvalue weighted by Gasteiger charge is -2.15. The second kappa shape index (κ2) is 10.2. The van der Waals surface area contributed by atoms with Gasteiger partial charge in [-0.2, -0.15) is 18.4 Å². The molecule has 1 N–H and O–H groups in total. The molecule has 1 aromatic carbocycles. The summed E-state index contributed by atoms with van der Waals surface area (Å²) in [7, 11) is 0. The first-order valence-electron chi connectivity index (χ1n) is 10.1. The highest BCUT2D eigenvalue weighted by Crippen LogP contribution is 2.37. The summed E-state index contributed by atoms with van der Waals surface area (Å²) in [6.07, 6.45) is 5.91. The summed E-state index contributed by atoms with van der Waals surface area (Å²) in [6, 6.07) is 3.87. The first-order valence-corrected chi connectivity index (χ1v) is 10.5. The van der Waals surface area contributed by atoms with Gasteiger partial charge in [0, 0.05) is 18.8 Å². The number of Topliss-reactive ketones (excluding diaryl/α,β-unsaturated/α-hetero) is 1. The Bertz CT molecular complexity index is 868. The summed E-state index contributed by atoms with van der Waals surface area (Å²) in [6.45, 7) is 0. The molecule has 0 saturated heterocycles. The quantitative estimate of drug-likeness (QED) is 0.509. The zero-order chi connectivity index (χ0) is 21.6. The van der Waals surface area contributed by atoms with Crippen molar-refractivity contribution in [2.75, 3.05) is 0 Å². The van der Waals surface area contributed by atoms with Crippen LogP contribution >= 0.6 is 11.6 Å². The predicted molar refractivity (Wildman–Crippen MR) is 108 cm³/mol. The van der Waals surface area contributed by atoms with Gasteiger partial charge in [0.2, 0.25) is 0 Å². The Morgan fingerprint density at radius 3 is 2.73 bits per heavy atom. The molecule has 9 heteroatoms. The van der Waals surface area contributed by atoms with Crippen molar-refractivity contribution in [1.29, 1.82) is 0 Å². The van der Waals surface area contributed by atoms with E-state index in [4.69, 9.17) is 11.6 Å². The van der Waals surface area contributed by atoms with E-state index < -0.39 is 11.7 Å². The van der Waals surface area contributed by atoms with E-state index in [1.807, 2.05) is 6.08 Å². The van der Waals surface area contributed by atoms with Gasteiger partial charge in [0.15, 0.2) is 5.82 Å². The van der Waals surface area contributed by atoms with Crippen LogP contribution in [0.5, 0.6) is 0 Å². The van der Waals surface area contributed by atoms with Crippen LogP contribution in [-0.2, 0) is 17.4 Å². The number of rotatable bonds is 9. The lowest BCUT2D eigenvalue weighted by Crippen LogP contribution is -2.13. The Morgan fingerprint density at radius 1 is 1.20 bits per heavy atom. The molecule has 1 aliphatic carbocycles. The number of allylic oxidation sites excluding steroid dienone is 1. The number of alkyl halides is 3. The van der Waals surface area contributed by atoms with Crippen LogP contribution in [0.15, 0.2) is 24.3 Å². The average Bonchev–Trinajstić information content (AvgIpc) is 3.33. The second-order valence-electron chi connectivity index (χ2n) is 7.65. The fourth-order valence-electron chi connectivity index (χ4n) is 3.93. The van der Waals surface area contributed by atoms with Crippen molar-refractivity contribution in [2.24, 2.45) is 11.8 Å². The number of halogens is 4. The van der Waals surface area contributed by atoms with Crippen LogP contribution in [0.2, 0.25) is 5.02 Å². The summed E-state index contributed by atoms with van der Waals surface area (Å²) < 4.78 is 39.1. The van der Waals surface area contributed by atoms with Crippen LogP contribution in [0.4, 0.5) is 13.2 Å². The third kappa shape index (κ3) is 6.14. The number of hydrogen-bond donors (Lipinski definition) is 1. The molecule has 162 valence electrons. The molecule has 1 heterocycles. The molecule has 0 radical (unpaired) electrons. The minimum absolute atomic E-state index is 0.0483. The number of carbonyl (C=O) groups excluding carboxylic acids is 1. The van der Waals surface area contributed by atoms with E-state index in [2.05, 4.69) is 20.6 Å². The van der Waals surface area contributed by atoms with Crippen molar-refractivity contribution in [3.8, 4) is 0 Å². The molecule has 2 atom stereocenters. The number of nitrogens with one attached hydrogen (secondary N) is 1. The van der Waals surface area contributed by atoms with Gasteiger partial charge in [-0.05, 0) is 42.9 Å². The number of H-pyrrole nitrogens is 1. The molecule has 1 saturated carbocycles. The number of hydrogen-bond acceptors (Lipinski definition) is 4. The topological polar surface area (TPSA) is 71.5 Å². The first-order chi connectivity index (χ1) is 14.3. The summed E-state index contributed by atoms with van der Waals surface area (Å²) in [4.78, 5) is 12.3. The van der Waals surface area contributed by atoms with Crippen molar-refractivity contribution < 1.29 is 18.0 Å². The molecular weight excluding hydrogens is 417 g/mol. The average molecular weight is 441 g/mol. The highest BCUT2D eigenvalue weighted by atomic mass is 35.5. The number of aromatic nitrogens is 4. The summed E-state index contributed by atoms with van der Waals surface area (Å²) in [5, 5.41) is 13.5. The van der Waals surface area contributed by atoms with Crippen LogP contribution in [0.1, 0.15) is 61.9 Å². The number of benzene rings is 1. The number of carbonyl (C=O) groups is 1. The van der Waals surface area contributed by atoms with Gasteiger partial charge in [-0.1, -0.05) is 54.3 Å². The molecule has 2 unspecified atom stereocenters. The standard InChI is InChI=1S/C21H24ClF3N4O/c22-18-11-8-14(13-17(18)21(23,24)25)7-9-15-10-12-19(30)16(15)5-3-1-2-4-6-20-26-28-29-27-20/h7-9,11,13,15-16H,1-6,10,12H2,(H,26,27,28,29). The maximum absolute atomic E-state index is 13.0. The Balaban J connectivity index is 1.49. The van der Waals surface area contributed by atoms with Crippen LogP contribution in [0.25, 0.3) is 6.08 Å². The number of unbranched alkanes of at least 4 members (excludes halogenated alkanes) is 3. The largest absolute Gasteiger partial charge is 0.417 e. The Morgan fingerprint density at radius 2 is 2.00 bits per heavy atom. The molecule has 0 bridgehead atoms. The molecule has 1 aromatic heterocycles. The van der Waals surface area contributed by atoms with Crippen molar-refractivity contribution in [2.45, 2.75) is 57.5 Å². The molecule has 30 heavy (non-hydrogen) atoms. The molecule has 0 amide bonds. The maximum Gasteiger partial charge on any atom is 0.417 e. The Labute approximate surface area is 178 Å². The summed E-state index contributed by atoms with van der Waals surface area (Å²) >= 11 is 5.67. The van der Waals surface area contributed by atoms with Gasteiger partial charge in [-0.3, -0.25) is 4.79 Å². The lowest BCUT2D eigenvalue weighted by atomic mass is 9.89. The normalized spacial score (nSPS) is 19.8. The molecule has 1 aliphatic rings. The van der Waals surface area contributed by atoms with Gasteiger partial charge >= 0.3 is 6.18 Å². The Kier molecular flexibility index (Phi) is 7.64. The molecule has 5 nitrogen and oxygen atoms in total. The van der Waals surface area contributed by atoms with Gasteiger partial charge in [-0.15, -0.1) is 10.2 Å². The van der Waals surface area contributed by atoms with E-state index in [1.165, 1.54) is 6.07 Å². The van der Waals surface area contributed by atoms with Gasteiger partial charge < -0.3 is 0 Å². The maximum atomic E-state index is 13.0. The van der Waals surface area contributed by atoms with Crippen molar-refractivity contribution in [3.05, 3.63) is 46.2 Å². The molecule has 0 aliphatic heterocycles. The van der Waals surface area contributed by atoms with Gasteiger partial charge in [0.1, 0.15) is 5.78 Å². The number of aromatic amines is 1. The van der Waals surface area contributed by atoms with Crippen molar-refractivity contribution in [1.82, 2.24) is 20.6 Å². The van der Waals surface area contributed by atoms with Gasteiger partial charge in [0.05, 0.1) is 10.6 Å². The molecule has 2 aromatic rings. The summed E-state index contributed by atoms with van der Waals surface area (Å²) in [5.74, 6) is 0.986. The van der Waals surface area contributed by atoms with Crippen molar-refractivity contribution >= 4 is 23.5 Å².